The minimum Gasteiger partial charge on any atom is -0.369 e. The summed E-state index contributed by atoms with van der Waals surface area (Å²) in [5.74, 6) is 1.31. The molecule has 0 unspecified atom stereocenters. The monoisotopic (exact) mass is 276 g/mol. The quantitative estimate of drug-likeness (QED) is 0.737. The average molecular weight is 276 g/mol. The van der Waals surface area contributed by atoms with Crippen molar-refractivity contribution in [1.82, 2.24) is 24.6 Å². The van der Waals surface area contributed by atoms with E-state index in [-0.39, 0.29) is 5.69 Å². The van der Waals surface area contributed by atoms with Crippen molar-refractivity contribution in [1.29, 1.82) is 0 Å². The number of hydrogen-bond donors (Lipinski definition) is 2. The average Bonchev–Trinajstić information content (AvgIpc) is 3.00. The van der Waals surface area contributed by atoms with Crippen LogP contribution >= 0.6 is 11.3 Å². The number of anilines is 1. The van der Waals surface area contributed by atoms with Crippen LogP contribution in [0.4, 0.5) is 5.82 Å². The zero-order chi connectivity index (χ0) is 13.2. The molecule has 0 saturated carbocycles. The molecule has 98 valence electrons. The van der Waals surface area contributed by atoms with E-state index in [2.05, 4.69) is 25.5 Å². The predicted octanol–water partition coefficient (Wildman–Crippen LogP) is 0.837. The number of nitrogens with zero attached hydrogens (tertiary/aromatic N) is 4. The Morgan fingerprint density at radius 3 is 3.21 bits per heavy atom. The van der Waals surface area contributed by atoms with Gasteiger partial charge in [-0.1, -0.05) is 0 Å². The molecule has 0 spiro atoms. The summed E-state index contributed by atoms with van der Waals surface area (Å²) in [6, 6.07) is 1.74. The molecule has 0 aliphatic carbocycles. The largest absolute Gasteiger partial charge is 0.369 e. The highest BCUT2D eigenvalue weighted by Gasteiger charge is 2.06. The molecule has 0 radical (unpaired) electrons. The van der Waals surface area contributed by atoms with Gasteiger partial charge >= 0.3 is 5.69 Å². The van der Waals surface area contributed by atoms with Crippen molar-refractivity contribution in [3.63, 3.8) is 0 Å². The lowest BCUT2D eigenvalue weighted by atomic mass is 10.4. The second-order valence-corrected chi connectivity index (χ2v) is 4.99. The molecule has 2 N–H and O–H groups in total. The van der Waals surface area contributed by atoms with Gasteiger partial charge in [0.2, 0.25) is 0 Å². The number of nitrogens with one attached hydrogen (secondary N) is 2. The second-order valence-electron chi connectivity index (χ2n) is 4.01. The third kappa shape index (κ3) is 2.34. The summed E-state index contributed by atoms with van der Waals surface area (Å²) in [5, 5.41) is 12.6. The maximum Gasteiger partial charge on any atom is 0.349 e. The standard InChI is InChI=1S/C11H12N6OS/c1-7-14-8(6-9-15-16-11(18)17(7)9)12-3-2-10-13-4-5-19-10/h4-6,12H,2-3H2,1H3,(H,16,18). The molecule has 3 aromatic heterocycles. The molecule has 0 bridgehead atoms. The molecule has 0 aliphatic rings. The van der Waals surface area contributed by atoms with Crippen molar-refractivity contribution in [3.05, 3.63) is 39.0 Å². The Bertz CT molecular complexity index is 744. The highest BCUT2D eigenvalue weighted by atomic mass is 32.1. The van der Waals surface area contributed by atoms with E-state index in [1.165, 1.54) is 4.40 Å². The van der Waals surface area contributed by atoms with Crippen LogP contribution in [0.2, 0.25) is 0 Å². The third-order valence-corrected chi connectivity index (χ3v) is 3.54. The lowest BCUT2D eigenvalue weighted by molar-refractivity contribution is 0.923. The van der Waals surface area contributed by atoms with Crippen LogP contribution in [0.1, 0.15) is 10.8 Å². The van der Waals surface area contributed by atoms with E-state index in [0.717, 1.165) is 18.0 Å². The van der Waals surface area contributed by atoms with Crippen molar-refractivity contribution in [2.75, 3.05) is 11.9 Å². The first-order chi connectivity index (χ1) is 9.24. The molecule has 0 aliphatic heterocycles. The molecule has 3 rings (SSSR count). The Labute approximate surface area is 112 Å². The van der Waals surface area contributed by atoms with Gasteiger partial charge in [0.25, 0.3) is 0 Å². The molecule has 0 amide bonds. The topological polar surface area (TPSA) is 88.0 Å². The van der Waals surface area contributed by atoms with Crippen LogP contribution < -0.4 is 11.0 Å². The number of H-pyrrole nitrogens is 1. The second kappa shape index (κ2) is 4.81. The minimum absolute atomic E-state index is 0.269. The number of aromatic nitrogens is 5. The van der Waals surface area contributed by atoms with Crippen molar-refractivity contribution in [3.8, 4) is 0 Å². The summed E-state index contributed by atoms with van der Waals surface area (Å²) in [4.78, 5) is 20.0. The maximum atomic E-state index is 11.5. The number of aryl methyl sites for hydroxylation is 1. The van der Waals surface area contributed by atoms with Crippen LogP contribution in [-0.2, 0) is 6.42 Å². The van der Waals surface area contributed by atoms with E-state index < -0.39 is 0 Å². The van der Waals surface area contributed by atoms with E-state index in [4.69, 9.17) is 0 Å². The van der Waals surface area contributed by atoms with Crippen LogP contribution in [0.5, 0.6) is 0 Å². The maximum absolute atomic E-state index is 11.5. The van der Waals surface area contributed by atoms with Gasteiger partial charge in [-0.3, -0.25) is 0 Å². The first-order valence-corrected chi connectivity index (χ1v) is 6.69. The lowest BCUT2D eigenvalue weighted by Crippen LogP contribution is -2.14. The number of rotatable bonds is 4. The highest BCUT2D eigenvalue weighted by Crippen LogP contribution is 2.09. The molecule has 0 atom stereocenters. The van der Waals surface area contributed by atoms with Crippen molar-refractivity contribution in [2.45, 2.75) is 13.3 Å². The molecule has 0 fully saturated rings. The fourth-order valence-corrected chi connectivity index (χ4v) is 2.48. The Kier molecular flexibility index (Phi) is 3.00. The number of aromatic amines is 1. The van der Waals surface area contributed by atoms with Gasteiger partial charge in [0.05, 0.1) is 5.01 Å². The zero-order valence-electron chi connectivity index (χ0n) is 10.3. The molecular weight excluding hydrogens is 264 g/mol. The van der Waals surface area contributed by atoms with Crippen LogP contribution in [0, 0.1) is 6.92 Å². The van der Waals surface area contributed by atoms with Crippen LogP contribution in [0.15, 0.2) is 22.4 Å². The number of hydrogen-bond acceptors (Lipinski definition) is 6. The highest BCUT2D eigenvalue weighted by molar-refractivity contribution is 7.09. The van der Waals surface area contributed by atoms with Crippen LogP contribution in [-0.4, -0.2) is 31.1 Å². The SMILES string of the molecule is Cc1nc(NCCc2nccs2)cc2n[nH]c(=O)n12. The molecule has 0 saturated heterocycles. The number of fused-ring (bicyclic) bond motifs is 1. The van der Waals surface area contributed by atoms with Crippen LogP contribution in [0.3, 0.4) is 0 Å². The van der Waals surface area contributed by atoms with E-state index >= 15 is 0 Å². The summed E-state index contributed by atoms with van der Waals surface area (Å²) >= 11 is 1.63. The minimum atomic E-state index is -0.269. The summed E-state index contributed by atoms with van der Waals surface area (Å²) in [5.41, 5.74) is 0.295. The van der Waals surface area contributed by atoms with Gasteiger partial charge in [0.1, 0.15) is 11.6 Å². The Balaban J connectivity index is 1.76. The van der Waals surface area contributed by atoms with E-state index in [1.807, 2.05) is 5.38 Å². The summed E-state index contributed by atoms with van der Waals surface area (Å²) < 4.78 is 1.44. The van der Waals surface area contributed by atoms with Gasteiger partial charge in [0.15, 0.2) is 5.65 Å². The van der Waals surface area contributed by atoms with Gasteiger partial charge < -0.3 is 5.32 Å². The molecule has 3 heterocycles. The number of thiazole rings is 1. The van der Waals surface area contributed by atoms with Crippen molar-refractivity contribution < 1.29 is 0 Å². The van der Waals surface area contributed by atoms with E-state index in [9.17, 15) is 4.79 Å². The predicted molar refractivity (Wildman–Crippen MR) is 72.7 cm³/mol. The molecule has 0 aromatic carbocycles. The third-order valence-electron chi connectivity index (χ3n) is 2.70. The van der Waals surface area contributed by atoms with Crippen LogP contribution in [0.25, 0.3) is 5.65 Å². The van der Waals surface area contributed by atoms with Gasteiger partial charge in [0, 0.05) is 30.6 Å². The summed E-state index contributed by atoms with van der Waals surface area (Å²) in [7, 11) is 0. The Morgan fingerprint density at radius 2 is 2.42 bits per heavy atom. The summed E-state index contributed by atoms with van der Waals surface area (Å²) in [6.07, 6.45) is 2.64. The van der Waals surface area contributed by atoms with Gasteiger partial charge in [-0.05, 0) is 6.92 Å². The Hall–Kier alpha value is -2.22. The fraction of sp³-hybridized carbons (Fsp3) is 0.273. The molecule has 3 aromatic rings. The van der Waals surface area contributed by atoms with E-state index in [1.54, 1.807) is 30.5 Å². The fourth-order valence-electron chi connectivity index (χ4n) is 1.86. The normalized spacial score (nSPS) is 11.0. The molecule has 7 nitrogen and oxygen atoms in total. The van der Waals surface area contributed by atoms with E-state index in [0.29, 0.717) is 17.3 Å². The Morgan fingerprint density at radius 1 is 1.53 bits per heavy atom. The molecule has 8 heteroatoms. The van der Waals surface area contributed by atoms with Gasteiger partial charge in [-0.2, -0.15) is 5.10 Å². The summed E-state index contributed by atoms with van der Waals surface area (Å²) in [6.45, 7) is 2.51. The molecular formula is C11H12N6OS. The first kappa shape index (κ1) is 11.8. The lowest BCUT2D eigenvalue weighted by Gasteiger charge is -2.05. The smallest absolute Gasteiger partial charge is 0.349 e. The van der Waals surface area contributed by atoms with Gasteiger partial charge in [-0.15, -0.1) is 11.3 Å². The van der Waals surface area contributed by atoms with Gasteiger partial charge in [-0.25, -0.2) is 24.3 Å². The van der Waals surface area contributed by atoms with Crippen molar-refractivity contribution in [2.24, 2.45) is 0 Å². The first-order valence-electron chi connectivity index (χ1n) is 5.81. The van der Waals surface area contributed by atoms with Crippen molar-refractivity contribution >= 4 is 22.8 Å². The zero-order valence-corrected chi connectivity index (χ0v) is 11.1. The molecule has 19 heavy (non-hydrogen) atoms.